The summed E-state index contributed by atoms with van der Waals surface area (Å²) in [5.41, 5.74) is 10.9. The Kier molecular flexibility index (Phi) is 5.18. The molecule has 1 fully saturated rings. The van der Waals surface area contributed by atoms with Gasteiger partial charge in [0, 0.05) is 28.5 Å². The van der Waals surface area contributed by atoms with Gasteiger partial charge in [-0.3, -0.25) is 0 Å². The topological polar surface area (TPSA) is 40.8 Å². The van der Waals surface area contributed by atoms with E-state index in [2.05, 4.69) is 79.3 Å². The first-order chi connectivity index (χ1) is 18.2. The summed E-state index contributed by atoms with van der Waals surface area (Å²) in [5, 5.41) is 12.4. The van der Waals surface area contributed by atoms with Gasteiger partial charge in [-0.2, -0.15) is 5.26 Å². The summed E-state index contributed by atoms with van der Waals surface area (Å²) in [6.07, 6.45) is 9.83. The highest BCUT2D eigenvalue weighted by Crippen LogP contribution is 2.49. The van der Waals surface area contributed by atoms with E-state index >= 15 is 0 Å². The lowest BCUT2D eigenvalue weighted by Gasteiger charge is -2.20. The van der Waals surface area contributed by atoms with Gasteiger partial charge in [0.05, 0.1) is 17.2 Å². The third kappa shape index (κ3) is 3.36. The minimum absolute atomic E-state index is 0.658. The van der Waals surface area contributed by atoms with Crippen LogP contribution in [-0.2, 0) is 13.5 Å². The van der Waals surface area contributed by atoms with Crippen molar-refractivity contribution in [2.45, 2.75) is 51.4 Å². The molecule has 0 bridgehead atoms. The van der Waals surface area contributed by atoms with Crippen molar-refractivity contribution in [3.05, 3.63) is 89.1 Å². The number of benzene rings is 3. The zero-order valence-corrected chi connectivity index (χ0v) is 21.6. The third-order valence-electron chi connectivity index (χ3n) is 9.00. The molecule has 1 unspecified atom stereocenters. The van der Waals surface area contributed by atoms with E-state index in [-0.39, 0.29) is 0 Å². The smallest absolute Gasteiger partial charge is 0.216 e. The SMILES string of the molecule is Cc1ccc2c(oc3c(-c4cccc5c4CCC5C4CCCC4)c(C#N)ccc32)c1-c1cccc[n+]1C. The molecule has 0 saturated heterocycles. The summed E-state index contributed by atoms with van der Waals surface area (Å²) in [7, 11) is 2.07. The molecule has 2 aliphatic carbocycles. The van der Waals surface area contributed by atoms with Crippen LogP contribution in [0.2, 0.25) is 0 Å². The number of pyridine rings is 1. The van der Waals surface area contributed by atoms with Gasteiger partial charge in [0.1, 0.15) is 18.2 Å². The molecule has 1 atom stereocenters. The standard InChI is InChI=1S/C34H31N2O/c1-21-13-15-28-29-16-14-23(20-35)32(34(29)37-33(28)31(21)30-12-5-6-19-36(30)2)27-11-7-10-25-24(17-18-26(25)27)22-8-3-4-9-22/h5-7,10-16,19,22,24H,3-4,8-9,17-18H2,1-2H3/q+1. The van der Waals surface area contributed by atoms with Crippen LogP contribution in [0.25, 0.3) is 44.3 Å². The number of aromatic nitrogens is 1. The first-order valence-electron chi connectivity index (χ1n) is 13.6. The molecule has 0 aliphatic heterocycles. The summed E-state index contributed by atoms with van der Waals surface area (Å²) < 4.78 is 8.97. The molecule has 3 aromatic carbocycles. The van der Waals surface area contributed by atoms with Crippen molar-refractivity contribution < 1.29 is 8.98 Å². The molecule has 2 aliphatic rings. The normalized spacial score (nSPS) is 17.5. The van der Waals surface area contributed by atoms with Gasteiger partial charge in [0.25, 0.3) is 0 Å². The van der Waals surface area contributed by atoms with E-state index in [9.17, 15) is 5.26 Å². The van der Waals surface area contributed by atoms with Gasteiger partial charge in [-0.15, -0.1) is 0 Å². The van der Waals surface area contributed by atoms with E-state index in [1.807, 2.05) is 12.1 Å². The second-order valence-corrected chi connectivity index (χ2v) is 11.0. The number of hydrogen-bond acceptors (Lipinski definition) is 2. The number of fused-ring (bicyclic) bond motifs is 4. The lowest BCUT2D eigenvalue weighted by Crippen LogP contribution is -2.30. The van der Waals surface area contributed by atoms with Crippen LogP contribution in [0.4, 0.5) is 0 Å². The number of hydrogen-bond donors (Lipinski definition) is 0. The highest BCUT2D eigenvalue weighted by Gasteiger charge is 2.33. The second kappa shape index (κ2) is 8.60. The fraction of sp³-hybridized carbons (Fsp3) is 0.294. The van der Waals surface area contributed by atoms with Crippen LogP contribution in [0.5, 0.6) is 0 Å². The molecular weight excluding hydrogens is 452 g/mol. The maximum Gasteiger partial charge on any atom is 0.216 e. The molecule has 3 heteroatoms. The monoisotopic (exact) mass is 483 g/mol. The van der Waals surface area contributed by atoms with E-state index in [1.165, 1.54) is 54.4 Å². The third-order valence-corrected chi connectivity index (χ3v) is 9.00. The lowest BCUT2D eigenvalue weighted by atomic mass is 9.85. The van der Waals surface area contributed by atoms with Crippen LogP contribution in [0, 0.1) is 24.2 Å². The molecule has 2 heterocycles. The van der Waals surface area contributed by atoms with Crippen molar-refractivity contribution in [1.82, 2.24) is 0 Å². The summed E-state index contributed by atoms with van der Waals surface area (Å²) in [6.45, 7) is 2.14. The molecule has 2 aromatic heterocycles. The molecule has 0 N–H and O–H groups in total. The van der Waals surface area contributed by atoms with Crippen LogP contribution >= 0.6 is 0 Å². The average Bonchev–Trinajstić information content (AvgIpc) is 3.66. The highest BCUT2D eigenvalue weighted by molar-refractivity contribution is 6.14. The Labute approximate surface area is 218 Å². The quantitative estimate of drug-likeness (QED) is 0.243. The van der Waals surface area contributed by atoms with E-state index < -0.39 is 0 Å². The summed E-state index contributed by atoms with van der Waals surface area (Å²) in [4.78, 5) is 0. The van der Waals surface area contributed by atoms with Crippen molar-refractivity contribution in [1.29, 1.82) is 5.26 Å². The molecule has 0 amide bonds. The first kappa shape index (κ1) is 22.3. The van der Waals surface area contributed by atoms with E-state index in [0.29, 0.717) is 11.5 Å². The van der Waals surface area contributed by atoms with Crippen LogP contribution < -0.4 is 4.57 Å². The summed E-state index contributed by atoms with van der Waals surface area (Å²) in [5.74, 6) is 1.47. The maximum atomic E-state index is 10.2. The molecule has 1 saturated carbocycles. The number of furan rings is 1. The van der Waals surface area contributed by atoms with Gasteiger partial charge in [0.15, 0.2) is 6.20 Å². The zero-order chi connectivity index (χ0) is 25.1. The van der Waals surface area contributed by atoms with Crippen LogP contribution in [0.1, 0.15) is 60.3 Å². The summed E-state index contributed by atoms with van der Waals surface area (Å²) in [6, 6.07) is 23.9. The number of aryl methyl sites for hydroxylation is 2. The Morgan fingerprint density at radius 1 is 0.865 bits per heavy atom. The largest absolute Gasteiger partial charge is 0.454 e. The Morgan fingerprint density at radius 2 is 1.65 bits per heavy atom. The molecule has 0 radical (unpaired) electrons. The molecule has 3 nitrogen and oxygen atoms in total. The second-order valence-electron chi connectivity index (χ2n) is 11.0. The molecule has 182 valence electrons. The minimum atomic E-state index is 0.658. The lowest BCUT2D eigenvalue weighted by molar-refractivity contribution is -0.660. The first-order valence-corrected chi connectivity index (χ1v) is 13.6. The van der Waals surface area contributed by atoms with Gasteiger partial charge in [-0.1, -0.05) is 43.2 Å². The molecule has 5 aromatic rings. The van der Waals surface area contributed by atoms with Crippen molar-refractivity contribution in [3.63, 3.8) is 0 Å². The van der Waals surface area contributed by atoms with Gasteiger partial charge in [-0.05, 0) is 84.9 Å². The number of nitrogens with zero attached hydrogens (tertiary/aromatic N) is 2. The number of rotatable bonds is 3. The molecule has 7 rings (SSSR count). The predicted octanol–water partition coefficient (Wildman–Crippen LogP) is 8.14. The van der Waals surface area contributed by atoms with E-state index in [4.69, 9.17) is 4.42 Å². The van der Waals surface area contributed by atoms with Crippen LogP contribution in [-0.4, -0.2) is 0 Å². The summed E-state index contributed by atoms with van der Waals surface area (Å²) >= 11 is 0. The predicted molar refractivity (Wildman–Crippen MR) is 148 cm³/mol. The van der Waals surface area contributed by atoms with Gasteiger partial charge >= 0.3 is 0 Å². The van der Waals surface area contributed by atoms with Gasteiger partial charge in [-0.25, -0.2) is 4.57 Å². The van der Waals surface area contributed by atoms with Crippen molar-refractivity contribution in [2.75, 3.05) is 0 Å². The van der Waals surface area contributed by atoms with Crippen molar-refractivity contribution >= 4 is 21.9 Å². The minimum Gasteiger partial charge on any atom is -0.454 e. The Hall–Kier alpha value is -3.90. The van der Waals surface area contributed by atoms with Gasteiger partial charge < -0.3 is 4.42 Å². The van der Waals surface area contributed by atoms with Crippen LogP contribution in [0.15, 0.2) is 71.3 Å². The van der Waals surface area contributed by atoms with Crippen molar-refractivity contribution in [3.8, 4) is 28.5 Å². The Bertz CT molecular complexity index is 1730. The molecule has 37 heavy (non-hydrogen) atoms. The fourth-order valence-electron chi connectivity index (χ4n) is 7.23. The van der Waals surface area contributed by atoms with Crippen molar-refractivity contribution in [2.24, 2.45) is 13.0 Å². The van der Waals surface area contributed by atoms with Gasteiger partial charge in [0.2, 0.25) is 5.69 Å². The molecular formula is C34H31N2O+. The average molecular weight is 484 g/mol. The maximum absolute atomic E-state index is 10.2. The molecule has 0 spiro atoms. The Morgan fingerprint density at radius 3 is 2.43 bits per heavy atom. The zero-order valence-electron chi connectivity index (χ0n) is 21.6. The highest BCUT2D eigenvalue weighted by atomic mass is 16.3. The van der Waals surface area contributed by atoms with E-state index in [1.54, 1.807) is 0 Å². The van der Waals surface area contributed by atoms with Crippen LogP contribution in [0.3, 0.4) is 0 Å². The number of nitriles is 1. The fourth-order valence-corrected chi connectivity index (χ4v) is 7.23. The van der Waals surface area contributed by atoms with E-state index in [0.717, 1.165) is 51.1 Å². The Balaban J connectivity index is 1.50.